The van der Waals surface area contributed by atoms with Gasteiger partial charge < -0.3 is 9.80 Å². The Bertz CT molecular complexity index is 1040. The van der Waals surface area contributed by atoms with E-state index in [1.807, 2.05) is 12.1 Å². The van der Waals surface area contributed by atoms with Crippen LogP contribution in [0.3, 0.4) is 0 Å². The number of hydrogen-bond donors (Lipinski definition) is 0. The molecule has 0 bridgehead atoms. The van der Waals surface area contributed by atoms with Gasteiger partial charge in [0.1, 0.15) is 17.2 Å². The minimum atomic E-state index is -0.532. The maximum atomic E-state index is 14.2. The summed E-state index contributed by atoms with van der Waals surface area (Å²) in [7, 11) is 0. The highest BCUT2D eigenvalue weighted by Crippen LogP contribution is 2.43. The molecule has 3 atom stereocenters. The molecule has 0 saturated carbocycles. The minimum absolute atomic E-state index is 0.266. The first kappa shape index (κ1) is 22.1. The second kappa shape index (κ2) is 8.90. The van der Waals surface area contributed by atoms with Gasteiger partial charge in [-0.25, -0.2) is 9.18 Å². The number of piperidine rings is 1. The molecule has 174 valence electrons. The number of halogens is 1. The van der Waals surface area contributed by atoms with Crippen LogP contribution >= 0.6 is 0 Å². The Labute approximate surface area is 195 Å². The van der Waals surface area contributed by atoms with Crippen molar-refractivity contribution in [2.75, 3.05) is 24.5 Å². The number of aliphatic imine (C=N–C) groups is 1. The summed E-state index contributed by atoms with van der Waals surface area (Å²) in [5.74, 6) is 0.573. The molecular weight excluding hydrogens is 415 g/mol. The van der Waals surface area contributed by atoms with Crippen molar-refractivity contribution >= 4 is 17.6 Å². The topological polar surface area (TPSA) is 39.1 Å². The molecule has 3 aliphatic rings. The number of urea groups is 1. The molecule has 0 aromatic heterocycles. The lowest BCUT2D eigenvalue weighted by atomic mass is 9.80. The predicted molar refractivity (Wildman–Crippen MR) is 130 cm³/mol. The van der Waals surface area contributed by atoms with E-state index in [4.69, 9.17) is 4.99 Å². The first-order valence-corrected chi connectivity index (χ1v) is 12.3. The summed E-state index contributed by atoms with van der Waals surface area (Å²) in [6.45, 7) is 7.21. The average molecular weight is 449 g/mol. The van der Waals surface area contributed by atoms with Gasteiger partial charge in [-0.1, -0.05) is 43.3 Å². The molecule has 2 aromatic carbocycles. The molecule has 0 N–H and O–H groups in total. The highest BCUT2D eigenvalue weighted by Gasteiger charge is 2.56. The number of anilines is 1. The van der Waals surface area contributed by atoms with Gasteiger partial charge in [-0.15, -0.1) is 0 Å². The van der Waals surface area contributed by atoms with Crippen molar-refractivity contribution < 1.29 is 9.18 Å². The van der Waals surface area contributed by atoms with Crippen molar-refractivity contribution in [2.24, 2.45) is 4.99 Å². The lowest BCUT2D eigenvalue weighted by Gasteiger charge is -2.50. The molecule has 0 radical (unpaired) electrons. The summed E-state index contributed by atoms with van der Waals surface area (Å²) >= 11 is 0. The van der Waals surface area contributed by atoms with E-state index in [9.17, 15) is 9.18 Å². The first-order chi connectivity index (χ1) is 16.0. The maximum Gasteiger partial charge on any atom is 0.350 e. The lowest BCUT2D eigenvalue weighted by Crippen LogP contribution is -2.64. The van der Waals surface area contributed by atoms with Crippen LogP contribution in [0.1, 0.15) is 45.1 Å². The van der Waals surface area contributed by atoms with Crippen LogP contribution in [-0.4, -0.2) is 58.9 Å². The minimum Gasteiger partial charge on any atom is -0.355 e. The van der Waals surface area contributed by atoms with E-state index in [2.05, 4.69) is 47.9 Å². The molecule has 0 aliphatic carbocycles. The van der Waals surface area contributed by atoms with Crippen molar-refractivity contribution in [2.45, 2.75) is 63.6 Å². The number of carbonyl (C=O) groups excluding carboxylic acids is 1. The highest BCUT2D eigenvalue weighted by molar-refractivity contribution is 6.16. The Balaban J connectivity index is 1.53. The molecule has 3 heterocycles. The van der Waals surface area contributed by atoms with E-state index in [0.29, 0.717) is 17.8 Å². The summed E-state index contributed by atoms with van der Waals surface area (Å²) in [4.78, 5) is 24.8. The van der Waals surface area contributed by atoms with Crippen molar-refractivity contribution in [3.63, 3.8) is 0 Å². The molecule has 1 spiro atoms. The third-order valence-electron chi connectivity index (χ3n) is 7.74. The van der Waals surface area contributed by atoms with Crippen LogP contribution in [0.4, 0.5) is 14.9 Å². The standard InChI is InChI=1S/C27H33FN4O/c1-3-30-16-14-27(19-20(30)2)25(29-26(33)32(27)24-12-7-11-22(28)18-24)31-15-8-13-23(31)17-21-9-5-4-6-10-21/h4-7,9-12,18,20,23H,3,8,13-17,19H2,1-2H3/t20-,23?,27+/m0/s1. The maximum absolute atomic E-state index is 14.2. The first-order valence-electron chi connectivity index (χ1n) is 12.3. The van der Waals surface area contributed by atoms with Gasteiger partial charge in [0.2, 0.25) is 0 Å². The van der Waals surface area contributed by atoms with Gasteiger partial charge in [0.15, 0.2) is 0 Å². The third-order valence-corrected chi connectivity index (χ3v) is 7.74. The van der Waals surface area contributed by atoms with E-state index in [-0.39, 0.29) is 11.8 Å². The van der Waals surface area contributed by atoms with Crippen molar-refractivity contribution in [3.05, 3.63) is 66.0 Å². The average Bonchev–Trinajstić information content (AvgIpc) is 3.36. The quantitative estimate of drug-likeness (QED) is 0.652. The van der Waals surface area contributed by atoms with Crippen LogP contribution in [0.25, 0.3) is 0 Å². The van der Waals surface area contributed by atoms with Crippen LogP contribution in [0.15, 0.2) is 59.6 Å². The van der Waals surface area contributed by atoms with Crippen LogP contribution in [0.2, 0.25) is 0 Å². The Morgan fingerprint density at radius 1 is 1.12 bits per heavy atom. The van der Waals surface area contributed by atoms with Crippen molar-refractivity contribution in [1.29, 1.82) is 0 Å². The smallest absolute Gasteiger partial charge is 0.350 e. The van der Waals surface area contributed by atoms with Crippen LogP contribution < -0.4 is 4.90 Å². The van der Waals surface area contributed by atoms with E-state index in [0.717, 1.165) is 57.6 Å². The number of benzene rings is 2. The number of carbonyl (C=O) groups is 1. The SMILES string of the molecule is CCN1CC[C@@]2(C[C@@H]1C)C(N1CCCC1Cc1ccccc1)=NC(=O)N2c1cccc(F)c1. The van der Waals surface area contributed by atoms with E-state index in [1.54, 1.807) is 11.0 Å². The molecule has 2 amide bonds. The zero-order chi connectivity index (χ0) is 23.0. The molecule has 3 aliphatic heterocycles. The molecule has 1 unspecified atom stereocenters. The van der Waals surface area contributed by atoms with Crippen LogP contribution in [0, 0.1) is 5.82 Å². The lowest BCUT2D eigenvalue weighted by molar-refractivity contribution is 0.132. The van der Waals surface area contributed by atoms with Crippen molar-refractivity contribution in [1.82, 2.24) is 9.80 Å². The Morgan fingerprint density at radius 3 is 2.67 bits per heavy atom. The monoisotopic (exact) mass is 448 g/mol. The predicted octanol–water partition coefficient (Wildman–Crippen LogP) is 5.11. The Morgan fingerprint density at radius 2 is 1.94 bits per heavy atom. The van der Waals surface area contributed by atoms with Crippen LogP contribution in [-0.2, 0) is 6.42 Å². The van der Waals surface area contributed by atoms with Crippen molar-refractivity contribution in [3.8, 4) is 0 Å². The van der Waals surface area contributed by atoms with Gasteiger partial charge in [0.25, 0.3) is 0 Å². The number of rotatable bonds is 4. The van der Waals surface area contributed by atoms with E-state index in [1.165, 1.54) is 17.7 Å². The number of amides is 2. The Kier molecular flexibility index (Phi) is 5.95. The number of hydrogen-bond acceptors (Lipinski definition) is 3. The summed E-state index contributed by atoms with van der Waals surface area (Å²) in [6, 6.07) is 17.4. The van der Waals surface area contributed by atoms with Gasteiger partial charge in [-0.3, -0.25) is 4.90 Å². The molecule has 2 fully saturated rings. The van der Waals surface area contributed by atoms with Gasteiger partial charge in [0.05, 0.1) is 0 Å². The molecule has 2 aromatic rings. The summed E-state index contributed by atoms with van der Waals surface area (Å²) in [6.07, 6.45) is 4.74. The Hall–Kier alpha value is -2.73. The zero-order valence-corrected chi connectivity index (χ0v) is 19.6. The summed E-state index contributed by atoms with van der Waals surface area (Å²) in [5, 5.41) is 0. The van der Waals surface area contributed by atoms with E-state index < -0.39 is 5.54 Å². The van der Waals surface area contributed by atoms with Gasteiger partial charge in [0, 0.05) is 30.9 Å². The largest absolute Gasteiger partial charge is 0.355 e. The molecule has 5 nitrogen and oxygen atoms in total. The van der Waals surface area contributed by atoms with Crippen LogP contribution in [0.5, 0.6) is 0 Å². The normalized spacial score (nSPS) is 28.1. The highest BCUT2D eigenvalue weighted by atomic mass is 19.1. The zero-order valence-electron chi connectivity index (χ0n) is 19.6. The summed E-state index contributed by atoms with van der Waals surface area (Å²) in [5.41, 5.74) is 1.38. The molecule has 5 rings (SSSR count). The van der Waals surface area contributed by atoms with Gasteiger partial charge in [-0.2, -0.15) is 4.99 Å². The molecule has 33 heavy (non-hydrogen) atoms. The fourth-order valence-electron chi connectivity index (χ4n) is 6.19. The number of amidine groups is 1. The molecule has 2 saturated heterocycles. The number of likely N-dealkylation sites (tertiary alicyclic amines) is 2. The van der Waals surface area contributed by atoms with Gasteiger partial charge in [-0.05, 0) is 69.3 Å². The number of nitrogens with zero attached hydrogens (tertiary/aromatic N) is 4. The van der Waals surface area contributed by atoms with Gasteiger partial charge >= 0.3 is 6.03 Å². The molecular formula is C27H33FN4O. The fourth-order valence-corrected chi connectivity index (χ4v) is 6.19. The fraction of sp³-hybridized carbons (Fsp3) is 0.481. The second-order valence-corrected chi connectivity index (χ2v) is 9.68. The summed E-state index contributed by atoms with van der Waals surface area (Å²) < 4.78 is 14.2. The molecule has 6 heteroatoms. The van der Waals surface area contributed by atoms with E-state index >= 15 is 0 Å². The third kappa shape index (κ3) is 3.95. The second-order valence-electron chi connectivity index (χ2n) is 9.68.